The first-order valence-electron chi connectivity index (χ1n) is 6.93. The number of aryl methyl sites for hydroxylation is 1. The van der Waals surface area contributed by atoms with Crippen LogP contribution in [-0.2, 0) is 6.54 Å². The summed E-state index contributed by atoms with van der Waals surface area (Å²) in [5.41, 5.74) is 7.08. The van der Waals surface area contributed by atoms with Crippen LogP contribution < -0.4 is 11.1 Å². The van der Waals surface area contributed by atoms with Gasteiger partial charge in [-0.05, 0) is 36.8 Å². The van der Waals surface area contributed by atoms with Gasteiger partial charge in [0.05, 0.1) is 0 Å². The Morgan fingerprint density at radius 3 is 2.90 bits per heavy atom. The van der Waals surface area contributed by atoms with Gasteiger partial charge in [0.15, 0.2) is 5.96 Å². The standard InChI is InChI=1S/C15H20N4.HI/c16-15(18-13-6-7-13)17-9-3-10-19-11-8-12-4-1-2-5-14(12)19;/h1-2,4-5,8,11,13H,3,6-7,9-10H2,(H3,16,17,18);1H. The van der Waals surface area contributed by atoms with Crippen LogP contribution >= 0.6 is 24.0 Å². The average Bonchev–Trinajstić information content (AvgIpc) is 3.14. The van der Waals surface area contributed by atoms with Crippen LogP contribution in [0.2, 0.25) is 0 Å². The average molecular weight is 384 g/mol. The molecule has 108 valence electrons. The van der Waals surface area contributed by atoms with Gasteiger partial charge in [0, 0.05) is 30.8 Å². The van der Waals surface area contributed by atoms with Crippen LogP contribution in [0.4, 0.5) is 0 Å². The molecule has 1 aliphatic rings. The molecular formula is C15H21IN4. The van der Waals surface area contributed by atoms with Gasteiger partial charge in [-0.2, -0.15) is 0 Å². The molecule has 0 spiro atoms. The van der Waals surface area contributed by atoms with Crippen LogP contribution in [0.15, 0.2) is 41.5 Å². The van der Waals surface area contributed by atoms with E-state index in [1.165, 1.54) is 23.7 Å². The number of aromatic nitrogens is 1. The second-order valence-corrected chi connectivity index (χ2v) is 5.11. The fraction of sp³-hybridized carbons (Fsp3) is 0.400. The van der Waals surface area contributed by atoms with Crippen molar-refractivity contribution in [1.29, 1.82) is 0 Å². The highest BCUT2D eigenvalue weighted by Gasteiger charge is 2.21. The number of hydrogen-bond acceptors (Lipinski definition) is 1. The van der Waals surface area contributed by atoms with Crippen LogP contribution in [0.1, 0.15) is 19.3 Å². The summed E-state index contributed by atoms with van der Waals surface area (Å²) in [5.74, 6) is 0.597. The summed E-state index contributed by atoms with van der Waals surface area (Å²) in [6.45, 7) is 1.76. The van der Waals surface area contributed by atoms with Crippen molar-refractivity contribution < 1.29 is 0 Å². The lowest BCUT2D eigenvalue weighted by Crippen LogP contribution is -2.33. The number of hydrogen-bond donors (Lipinski definition) is 2. The molecule has 0 radical (unpaired) electrons. The Hall–Kier alpha value is -1.24. The Bertz CT molecular complexity index is 586. The molecule has 0 atom stereocenters. The van der Waals surface area contributed by atoms with Gasteiger partial charge in [-0.25, -0.2) is 0 Å². The molecule has 0 amide bonds. The molecular weight excluding hydrogens is 363 g/mol. The molecule has 1 aromatic carbocycles. The Morgan fingerprint density at radius 1 is 1.30 bits per heavy atom. The fourth-order valence-corrected chi connectivity index (χ4v) is 2.26. The number of guanidine groups is 1. The van der Waals surface area contributed by atoms with Crippen LogP contribution in [0.3, 0.4) is 0 Å². The fourth-order valence-electron chi connectivity index (χ4n) is 2.26. The third-order valence-electron chi connectivity index (χ3n) is 3.45. The first-order chi connectivity index (χ1) is 9.33. The number of nitrogens with one attached hydrogen (secondary N) is 1. The van der Waals surface area contributed by atoms with Crippen LogP contribution in [0, 0.1) is 0 Å². The third kappa shape index (κ3) is 3.88. The summed E-state index contributed by atoms with van der Waals surface area (Å²) in [4.78, 5) is 4.35. The van der Waals surface area contributed by atoms with Crippen molar-refractivity contribution in [2.75, 3.05) is 6.54 Å². The molecule has 0 saturated heterocycles. The van der Waals surface area contributed by atoms with E-state index in [1.807, 2.05) is 0 Å². The Balaban J connectivity index is 0.00000147. The molecule has 3 rings (SSSR count). The molecule has 1 saturated carbocycles. The summed E-state index contributed by atoms with van der Waals surface area (Å²) in [7, 11) is 0. The smallest absolute Gasteiger partial charge is 0.188 e. The number of para-hydroxylation sites is 1. The summed E-state index contributed by atoms with van der Waals surface area (Å²) >= 11 is 0. The minimum atomic E-state index is 0. The van der Waals surface area contributed by atoms with Crippen LogP contribution in [0.5, 0.6) is 0 Å². The van der Waals surface area contributed by atoms with Gasteiger partial charge in [0.25, 0.3) is 0 Å². The molecule has 5 heteroatoms. The van der Waals surface area contributed by atoms with Crippen LogP contribution in [0.25, 0.3) is 10.9 Å². The van der Waals surface area contributed by atoms with Gasteiger partial charge in [-0.1, -0.05) is 18.2 Å². The van der Waals surface area contributed by atoms with E-state index in [-0.39, 0.29) is 24.0 Å². The van der Waals surface area contributed by atoms with E-state index in [1.54, 1.807) is 0 Å². The molecule has 20 heavy (non-hydrogen) atoms. The first kappa shape index (κ1) is 15.2. The molecule has 4 nitrogen and oxygen atoms in total. The van der Waals surface area contributed by atoms with Gasteiger partial charge in [0.1, 0.15) is 0 Å². The second kappa shape index (κ2) is 6.97. The lowest BCUT2D eigenvalue weighted by molar-refractivity contribution is 0.669. The molecule has 2 aromatic rings. The predicted octanol–water partition coefficient (Wildman–Crippen LogP) is 2.72. The van der Waals surface area contributed by atoms with Gasteiger partial charge >= 0.3 is 0 Å². The quantitative estimate of drug-likeness (QED) is 0.361. The summed E-state index contributed by atoms with van der Waals surface area (Å²) in [5, 5.41) is 4.49. The first-order valence-corrected chi connectivity index (χ1v) is 6.93. The van der Waals surface area contributed by atoms with E-state index >= 15 is 0 Å². The van der Waals surface area contributed by atoms with Crippen molar-refractivity contribution in [2.45, 2.75) is 31.8 Å². The molecule has 3 N–H and O–H groups in total. The maximum absolute atomic E-state index is 5.80. The highest BCUT2D eigenvalue weighted by Crippen LogP contribution is 2.18. The maximum atomic E-state index is 5.80. The number of rotatable bonds is 5. The summed E-state index contributed by atoms with van der Waals surface area (Å²) in [6, 6.07) is 11.2. The lowest BCUT2D eigenvalue weighted by atomic mass is 10.2. The topological polar surface area (TPSA) is 55.3 Å². The highest BCUT2D eigenvalue weighted by atomic mass is 127. The maximum Gasteiger partial charge on any atom is 0.188 e. The van der Waals surface area contributed by atoms with Crippen molar-refractivity contribution in [3.05, 3.63) is 36.5 Å². The molecule has 1 heterocycles. The minimum Gasteiger partial charge on any atom is -0.370 e. The number of halogens is 1. The van der Waals surface area contributed by atoms with E-state index < -0.39 is 0 Å². The van der Waals surface area contributed by atoms with Gasteiger partial charge in [0.2, 0.25) is 0 Å². The lowest BCUT2D eigenvalue weighted by Gasteiger charge is -2.05. The normalized spacial score (nSPS) is 15.1. The van der Waals surface area contributed by atoms with Crippen molar-refractivity contribution >= 4 is 40.8 Å². The summed E-state index contributed by atoms with van der Waals surface area (Å²) < 4.78 is 2.27. The molecule has 1 fully saturated rings. The Morgan fingerprint density at radius 2 is 2.10 bits per heavy atom. The zero-order valence-corrected chi connectivity index (χ0v) is 13.8. The van der Waals surface area contributed by atoms with Gasteiger partial charge < -0.3 is 15.6 Å². The number of nitrogens with zero attached hydrogens (tertiary/aromatic N) is 2. The predicted molar refractivity (Wildman–Crippen MR) is 94.6 cm³/mol. The third-order valence-corrected chi connectivity index (χ3v) is 3.45. The van der Waals surface area contributed by atoms with E-state index in [2.05, 4.69) is 51.4 Å². The van der Waals surface area contributed by atoms with Crippen molar-refractivity contribution in [3.63, 3.8) is 0 Å². The van der Waals surface area contributed by atoms with E-state index in [0.29, 0.717) is 12.0 Å². The van der Waals surface area contributed by atoms with E-state index in [9.17, 15) is 0 Å². The zero-order valence-electron chi connectivity index (χ0n) is 11.5. The number of aliphatic imine (C=N–C) groups is 1. The van der Waals surface area contributed by atoms with Crippen molar-refractivity contribution in [3.8, 4) is 0 Å². The zero-order chi connectivity index (χ0) is 13.1. The van der Waals surface area contributed by atoms with Gasteiger partial charge in [-0.3, -0.25) is 4.99 Å². The van der Waals surface area contributed by atoms with Crippen LogP contribution in [-0.4, -0.2) is 23.1 Å². The Labute approximate surface area is 136 Å². The SMILES string of the molecule is I.NC(=NCCCn1ccc2ccccc21)NC1CC1. The molecule has 1 aromatic heterocycles. The largest absolute Gasteiger partial charge is 0.370 e. The van der Waals surface area contributed by atoms with E-state index in [0.717, 1.165) is 19.5 Å². The van der Waals surface area contributed by atoms with Gasteiger partial charge in [-0.15, -0.1) is 24.0 Å². The summed E-state index contributed by atoms with van der Waals surface area (Å²) in [6.07, 6.45) is 5.60. The van der Waals surface area contributed by atoms with Crippen molar-refractivity contribution in [2.24, 2.45) is 10.7 Å². The number of fused-ring (bicyclic) bond motifs is 1. The highest BCUT2D eigenvalue weighted by molar-refractivity contribution is 14.0. The van der Waals surface area contributed by atoms with E-state index in [4.69, 9.17) is 5.73 Å². The molecule has 1 aliphatic carbocycles. The monoisotopic (exact) mass is 384 g/mol. The molecule has 0 bridgehead atoms. The number of nitrogens with two attached hydrogens (primary N) is 1. The second-order valence-electron chi connectivity index (χ2n) is 5.11. The Kier molecular flexibility index (Phi) is 5.28. The molecule has 0 unspecified atom stereocenters. The number of benzene rings is 1. The minimum absolute atomic E-state index is 0. The molecule has 0 aliphatic heterocycles. The van der Waals surface area contributed by atoms with Crippen molar-refractivity contribution in [1.82, 2.24) is 9.88 Å².